The molecule has 7 nitrogen and oxygen atoms in total. The monoisotopic (exact) mass is 246 g/mol. The molecule has 2 rings (SSSR count). The highest BCUT2D eigenvalue weighted by Gasteiger charge is 2.15. The lowest BCUT2D eigenvalue weighted by Crippen LogP contribution is -2.27. The fraction of sp³-hybridized carbons (Fsp3) is 0.273. The second-order valence-corrected chi connectivity index (χ2v) is 3.65. The van der Waals surface area contributed by atoms with E-state index in [9.17, 15) is 4.79 Å². The van der Waals surface area contributed by atoms with Crippen molar-refractivity contribution in [2.24, 2.45) is 0 Å². The molecule has 2 aromatic heterocycles. The van der Waals surface area contributed by atoms with Crippen LogP contribution in [0.1, 0.15) is 23.1 Å². The summed E-state index contributed by atoms with van der Waals surface area (Å²) in [6.45, 7) is 2.82. The number of nitrogens with zero attached hydrogens (tertiary/aromatic N) is 4. The third kappa shape index (κ3) is 2.45. The Kier molecular flexibility index (Phi) is 3.52. The van der Waals surface area contributed by atoms with Crippen molar-refractivity contribution in [3.8, 4) is 0 Å². The van der Waals surface area contributed by atoms with Crippen molar-refractivity contribution >= 4 is 11.6 Å². The van der Waals surface area contributed by atoms with E-state index < -0.39 is 0 Å². The summed E-state index contributed by atoms with van der Waals surface area (Å²) < 4.78 is 1.56. The molecule has 18 heavy (non-hydrogen) atoms. The molecule has 0 aliphatic rings. The predicted octanol–water partition coefficient (Wildman–Crippen LogP) is 0.205. The first-order chi connectivity index (χ1) is 8.72. The van der Waals surface area contributed by atoms with Crippen molar-refractivity contribution in [1.82, 2.24) is 25.1 Å². The first-order valence-electron chi connectivity index (χ1n) is 5.56. The minimum absolute atomic E-state index is 0.259. The maximum absolute atomic E-state index is 12.0. The maximum Gasteiger partial charge on any atom is 0.272 e. The van der Waals surface area contributed by atoms with E-state index in [2.05, 4.69) is 20.4 Å². The Balaban J connectivity index is 2.06. The van der Waals surface area contributed by atoms with Gasteiger partial charge in [-0.2, -0.15) is 5.10 Å². The number of carbonyl (C=O) groups excluding carboxylic acids is 1. The number of nitrogens with two attached hydrogens (primary N) is 1. The predicted molar refractivity (Wildman–Crippen MR) is 65.5 cm³/mol. The standard InChI is InChI=1S/C11H14N6O/c1-2-17-10(9(12)6-16-17)11(18)14-5-8-3-4-13-7-15-8/h3-4,6-7H,2,5,12H2,1H3,(H,14,18). The first-order valence-corrected chi connectivity index (χ1v) is 5.56. The molecule has 0 spiro atoms. The molecule has 1 amide bonds. The van der Waals surface area contributed by atoms with Crippen LogP contribution in [0.4, 0.5) is 5.69 Å². The van der Waals surface area contributed by atoms with Crippen LogP contribution in [0.25, 0.3) is 0 Å². The summed E-state index contributed by atoms with van der Waals surface area (Å²) in [5.74, 6) is -0.259. The largest absolute Gasteiger partial charge is 0.396 e. The van der Waals surface area contributed by atoms with Crippen LogP contribution < -0.4 is 11.1 Å². The maximum atomic E-state index is 12.0. The average Bonchev–Trinajstić information content (AvgIpc) is 2.78. The van der Waals surface area contributed by atoms with E-state index >= 15 is 0 Å². The molecule has 0 aliphatic carbocycles. The van der Waals surface area contributed by atoms with E-state index in [-0.39, 0.29) is 5.91 Å². The van der Waals surface area contributed by atoms with Crippen LogP contribution in [0.2, 0.25) is 0 Å². The number of nitrogen functional groups attached to an aromatic ring is 1. The van der Waals surface area contributed by atoms with Gasteiger partial charge in [-0.25, -0.2) is 9.97 Å². The fourth-order valence-electron chi connectivity index (χ4n) is 1.57. The number of hydrogen-bond acceptors (Lipinski definition) is 5. The lowest BCUT2D eigenvalue weighted by atomic mass is 10.3. The van der Waals surface area contributed by atoms with Crippen molar-refractivity contribution in [1.29, 1.82) is 0 Å². The summed E-state index contributed by atoms with van der Waals surface area (Å²) in [6.07, 6.45) is 4.54. The molecule has 94 valence electrons. The minimum Gasteiger partial charge on any atom is -0.396 e. The lowest BCUT2D eigenvalue weighted by molar-refractivity contribution is 0.0940. The van der Waals surface area contributed by atoms with Crippen LogP contribution in [-0.4, -0.2) is 25.7 Å². The van der Waals surface area contributed by atoms with E-state index in [4.69, 9.17) is 5.73 Å². The van der Waals surface area contributed by atoms with Gasteiger partial charge in [0.2, 0.25) is 0 Å². The van der Waals surface area contributed by atoms with Gasteiger partial charge in [-0.1, -0.05) is 0 Å². The highest BCUT2D eigenvalue weighted by Crippen LogP contribution is 2.10. The molecule has 0 aliphatic heterocycles. The molecule has 0 aromatic carbocycles. The molecule has 2 heterocycles. The van der Waals surface area contributed by atoms with Gasteiger partial charge < -0.3 is 11.1 Å². The van der Waals surface area contributed by atoms with Crippen LogP contribution in [0.5, 0.6) is 0 Å². The number of carbonyl (C=O) groups is 1. The van der Waals surface area contributed by atoms with Gasteiger partial charge in [-0.3, -0.25) is 9.48 Å². The number of amides is 1. The van der Waals surface area contributed by atoms with Gasteiger partial charge in [0, 0.05) is 12.7 Å². The van der Waals surface area contributed by atoms with Gasteiger partial charge >= 0.3 is 0 Å². The Hall–Kier alpha value is -2.44. The molecular weight excluding hydrogens is 232 g/mol. The Morgan fingerprint density at radius 2 is 2.39 bits per heavy atom. The summed E-state index contributed by atoms with van der Waals surface area (Å²) in [5.41, 5.74) is 7.21. The zero-order valence-electron chi connectivity index (χ0n) is 10.00. The summed E-state index contributed by atoms with van der Waals surface area (Å²) in [6, 6.07) is 1.74. The SMILES string of the molecule is CCn1ncc(N)c1C(=O)NCc1ccncn1. The molecule has 0 radical (unpaired) electrons. The van der Waals surface area contributed by atoms with Crippen LogP contribution in [0, 0.1) is 0 Å². The zero-order valence-corrected chi connectivity index (χ0v) is 10.00. The Morgan fingerprint density at radius 3 is 3.06 bits per heavy atom. The molecule has 0 bridgehead atoms. The Labute approximate surface area is 104 Å². The third-order valence-electron chi connectivity index (χ3n) is 2.46. The number of anilines is 1. The van der Waals surface area contributed by atoms with E-state index in [1.165, 1.54) is 12.5 Å². The highest BCUT2D eigenvalue weighted by molar-refractivity contribution is 5.97. The van der Waals surface area contributed by atoms with Gasteiger partial charge in [-0.15, -0.1) is 0 Å². The summed E-state index contributed by atoms with van der Waals surface area (Å²) >= 11 is 0. The van der Waals surface area contributed by atoms with Crippen molar-refractivity contribution in [2.75, 3.05) is 5.73 Å². The van der Waals surface area contributed by atoms with Crippen LogP contribution in [0.15, 0.2) is 24.8 Å². The van der Waals surface area contributed by atoms with Crippen molar-refractivity contribution in [3.63, 3.8) is 0 Å². The lowest BCUT2D eigenvalue weighted by Gasteiger charge is -2.07. The molecule has 0 saturated carbocycles. The topological polar surface area (TPSA) is 98.7 Å². The van der Waals surface area contributed by atoms with Crippen LogP contribution >= 0.6 is 0 Å². The summed E-state index contributed by atoms with van der Waals surface area (Å²) in [7, 11) is 0. The van der Waals surface area contributed by atoms with Gasteiger partial charge in [0.25, 0.3) is 5.91 Å². The molecule has 0 saturated heterocycles. The third-order valence-corrected chi connectivity index (χ3v) is 2.46. The second kappa shape index (κ2) is 5.26. The van der Waals surface area contributed by atoms with Crippen molar-refractivity contribution in [2.45, 2.75) is 20.0 Å². The Bertz CT molecular complexity index is 536. The smallest absolute Gasteiger partial charge is 0.272 e. The van der Waals surface area contributed by atoms with E-state index in [1.807, 2.05) is 6.92 Å². The first kappa shape index (κ1) is 12.0. The molecule has 2 aromatic rings. The molecule has 7 heteroatoms. The van der Waals surface area contributed by atoms with Crippen LogP contribution in [-0.2, 0) is 13.1 Å². The van der Waals surface area contributed by atoms with E-state index in [0.29, 0.717) is 24.5 Å². The molecule has 0 unspecified atom stereocenters. The number of hydrogen-bond donors (Lipinski definition) is 2. The molecule has 3 N–H and O–H groups in total. The number of aromatic nitrogens is 4. The van der Waals surface area contributed by atoms with E-state index in [1.54, 1.807) is 16.9 Å². The van der Waals surface area contributed by atoms with Gasteiger partial charge in [0.15, 0.2) is 0 Å². The molecular formula is C11H14N6O. The normalized spacial score (nSPS) is 10.3. The number of nitrogens with one attached hydrogen (secondary N) is 1. The van der Waals surface area contributed by atoms with Crippen molar-refractivity contribution < 1.29 is 4.79 Å². The quantitative estimate of drug-likeness (QED) is 0.803. The zero-order chi connectivity index (χ0) is 13.0. The highest BCUT2D eigenvalue weighted by atomic mass is 16.2. The van der Waals surface area contributed by atoms with Gasteiger partial charge in [0.05, 0.1) is 24.1 Å². The number of rotatable bonds is 4. The minimum atomic E-state index is -0.259. The van der Waals surface area contributed by atoms with E-state index in [0.717, 1.165) is 5.69 Å². The summed E-state index contributed by atoms with van der Waals surface area (Å²) in [4.78, 5) is 19.8. The van der Waals surface area contributed by atoms with Crippen LogP contribution in [0.3, 0.4) is 0 Å². The molecule has 0 atom stereocenters. The fourth-order valence-corrected chi connectivity index (χ4v) is 1.57. The van der Waals surface area contributed by atoms with Gasteiger partial charge in [0.1, 0.15) is 12.0 Å². The average molecular weight is 246 g/mol. The second-order valence-electron chi connectivity index (χ2n) is 3.65. The number of aryl methyl sites for hydroxylation is 1. The summed E-state index contributed by atoms with van der Waals surface area (Å²) in [5, 5.41) is 6.76. The van der Waals surface area contributed by atoms with Crippen molar-refractivity contribution in [3.05, 3.63) is 36.2 Å². The molecule has 0 fully saturated rings. The van der Waals surface area contributed by atoms with Gasteiger partial charge in [-0.05, 0) is 13.0 Å². The Morgan fingerprint density at radius 1 is 1.56 bits per heavy atom.